The second kappa shape index (κ2) is 7.71. The molecule has 1 atom stereocenters. The van der Waals surface area contributed by atoms with E-state index in [0.717, 1.165) is 13.0 Å². The van der Waals surface area contributed by atoms with Crippen molar-refractivity contribution in [2.75, 3.05) is 13.7 Å². The van der Waals surface area contributed by atoms with Crippen LogP contribution in [0.1, 0.15) is 25.8 Å². The molecule has 0 aliphatic rings. The maximum Gasteiger partial charge on any atom is 0.258 e. The first-order valence-electron chi connectivity index (χ1n) is 6.31. The lowest BCUT2D eigenvalue weighted by atomic mass is 10.2. The van der Waals surface area contributed by atoms with E-state index in [1.807, 2.05) is 45.2 Å². The van der Waals surface area contributed by atoms with E-state index in [-0.39, 0.29) is 18.6 Å². The van der Waals surface area contributed by atoms with Crippen molar-refractivity contribution < 1.29 is 9.53 Å². The van der Waals surface area contributed by atoms with Crippen molar-refractivity contribution in [3.8, 4) is 5.75 Å². The van der Waals surface area contributed by atoms with Gasteiger partial charge in [-0.1, -0.05) is 19.1 Å². The van der Waals surface area contributed by atoms with Gasteiger partial charge in [0.1, 0.15) is 5.75 Å². The van der Waals surface area contributed by atoms with Crippen molar-refractivity contribution >= 4 is 5.91 Å². The highest BCUT2D eigenvalue weighted by Gasteiger charge is 2.06. The van der Waals surface area contributed by atoms with Gasteiger partial charge in [0.15, 0.2) is 6.61 Å². The molecule has 1 aromatic carbocycles. The first kappa shape index (κ1) is 14.5. The first-order chi connectivity index (χ1) is 8.65. The molecule has 0 spiro atoms. The molecule has 0 radical (unpaired) electrons. The lowest BCUT2D eigenvalue weighted by Crippen LogP contribution is -2.35. The Morgan fingerprint density at radius 2 is 2.00 bits per heavy atom. The smallest absolute Gasteiger partial charge is 0.258 e. The van der Waals surface area contributed by atoms with E-state index >= 15 is 0 Å². The topological polar surface area (TPSA) is 50.4 Å². The number of nitrogens with one attached hydrogen (secondary N) is 2. The fourth-order valence-corrected chi connectivity index (χ4v) is 1.48. The van der Waals surface area contributed by atoms with Crippen LogP contribution in [0.5, 0.6) is 5.75 Å². The number of hydrogen-bond donors (Lipinski definition) is 2. The summed E-state index contributed by atoms with van der Waals surface area (Å²) in [5.74, 6) is 0.637. The summed E-state index contributed by atoms with van der Waals surface area (Å²) in [4.78, 5) is 11.5. The second-order valence-corrected chi connectivity index (χ2v) is 4.34. The van der Waals surface area contributed by atoms with Gasteiger partial charge in [0.2, 0.25) is 0 Å². The number of benzene rings is 1. The quantitative estimate of drug-likeness (QED) is 0.774. The zero-order chi connectivity index (χ0) is 13.4. The van der Waals surface area contributed by atoms with Gasteiger partial charge in [0.25, 0.3) is 5.91 Å². The Balaban J connectivity index is 2.36. The van der Waals surface area contributed by atoms with Gasteiger partial charge in [-0.2, -0.15) is 0 Å². The maximum atomic E-state index is 11.5. The standard InChI is InChI=1S/C14H22N2O2/c1-4-11(2)16-14(17)10-18-13-7-5-12(6-8-13)9-15-3/h5-8,11,15H,4,9-10H2,1-3H3,(H,16,17). The Kier molecular flexibility index (Phi) is 6.22. The molecule has 1 unspecified atom stereocenters. The zero-order valence-corrected chi connectivity index (χ0v) is 11.3. The van der Waals surface area contributed by atoms with Gasteiger partial charge in [-0.3, -0.25) is 4.79 Å². The van der Waals surface area contributed by atoms with Gasteiger partial charge in [-0.25, -0.2) is 0 Å². The molecule has 0 heterocycles. The Morgan fingerprint density at radius 3 is 2.56 bits per heavy atom. The van der Waals surface area contributed by atoms with Gasteiger partial charge in [0, 0.05) is 12.6 Å². The van der Waals surface area contributed by atoms with Crippen molar-refractivity contribution in [1.82, 2.24) is 10.6 Å². The van der Waals surface area contributed by atoms with Crippen LogP contribution in [0.25, 0.3) is 0 Å². The van der Waals surface area contributed by atoms with Crippen LogP contribution in [0.4, 0.5) is 0 Å². The molecule has 4 heteroatoms. The largest absolute Gasteiger partial charge is 0.484 e. The Hall–Kier alpha value is -1.55. The van der Waals surface area contributed by atoms with Gasteiger partial charge in [0.05, 0.1) is 0 Å². The first-order valence-corrected chi connectivity index (χ1v) is 6.31. The minimum Gasteiger partial charge on any atom is -0.484 e. The average Bonchev–Trinajstić information content (AvgIpc) is 2.38. The summed E-state index contributed by atoms with van der Waals surface area (Å²) in [6.45, 7) is 4.90. The molecule has 0 fully saturated rings. The predicted molar refractivity (Wildman–Crippen MR) is 72.6 cm³/mol. The van der Waals surface area contributed by atoms with Crippen LogP contribution >= 0.6 is 0 Å². The van der Waals surface area contributed by atoms with E-state index < -0.39 is 0 Å². The summed E-state index contributed by atoms with van der Waals surface area (Å²) in [7, 11) is 1.91. The molecule has 4 nitrogen and oxygen atoms in total. The molecule has 0 bridgehead atoms. The zero-order valence-electron chi connectivity index (χ0n) is 11.3. The third-order valence-electron chi connectivity index (χ3n) is 2.69. The molecular formula is C14H22N2O2. The molecule has 0 saturated carbocycles. The Morgan fingerprint density at radius 1 is 1.33 bits per heavy atom. The van der Waals surface area contributed by atoms with E-state index in [1.54, 1.807) is 0 Å². The summed E-state index contributed by atoms with van der Waals surface area (Å²) in [5, 5.41) is 5.93. The monoisotopic (exact) mass is 250 g/mol. The number of carbonyl (C=O) groups excluding carboxylic acids is 1. The molecule has 2 N–H and O–H groups in total. The highest BCUT2D eigenvalue weighted by molar-refractivity contribution is 5.77. The van der Waals surface area contributed by atoms with Crippen LogP contribution in [-0.4, -0.2) is 25.6 Å². The Bertz CT molecular complexity index is 363. The van der Waals surface area contributed by atoms with Crippen molar-refractivity contribution in [2.45, 2.75) is 32.9 Å². The number of ether oxygens (including phenoxy) is 1. The molecule has 1 amide bonds. The summed E-state index contributed by atoms with van der Waals surface area (Å²) in [6, 6.07) is 7.92. The Labute approximate surface area is 109 Å². The second-order valence-electron chi connectivity index (χ2n) is 4.34. The summed E-state index contributed by atoms with van der Waals surface area (Å²) in [5.41, 5.74) is 1.19. The summed E-state index contributed by atoms with van der Waals surface area (Å²) in [6.07, 6.45) is 0.921. The van der Waals surface area contributed by atoms with E-state index in [0.29, 0.717) is 5.75 Å². The van der Waals surface area contributed by atoms with Gasteiger partial charge in [-0.15, -0.1) is 0 Å². The van der Waals surface area contributed by atoms with E-state index in [4.69, 9.17) is 4.74 Å². The minimum absolute atomic E-state index is 0.0652. The van der Waals surface area contributed by atoms with Gasteiger partial charge >= 0.3 is 0 Å². The summed E-state index contributed by atoms with van der Waals surface area (Å²) >= 11 is 0. The third kappa shape index (κ3) is 5.19. The van der Waals surface area contributed by atoms with Crippen LogP contribution in [0.15, 0.2) is 24.3 Å². The number of hydrogen-bond acceptors (Lipinski definition) is 3. The van der Waals surface area contributed by atoms with Crippen molar-refractivity contribution in [3.05, 3.63) is 29.8 Å². The summed E-state index contributed by atoms with van der Waals surface area (Å²) < 4.78 is 5.41. The average molecular weight is 250 g/mol. The SMILES string of the molecule is CCC(C)NC(=O)COc1ccc(CNC)cc1. The number of carbonyl (C=O) groups is 1. The van der Waals surface area contributed by atoms with Crippen LogP contribution < -0.4 is 15.4 Å². The predicted octanol–water partition coefficient (Wildman–Crippen LogP) is 1.70. The van der Waals surface area contributed by atoms with E-state index in [1.165, 1.54) is 5.56 Å². The molecule has 18 heavy (non-hydrogen) atoms. The molecule has 0 saturated heterocycles. The minimum atomic E-state index is -0.0800. The van der Waals surface area contributed by atoms with Crippen LogP contribution in [0.2, 0.25) is 0 Å². The molecule has 100 valence electrons. The third-order valence-corrected chi connectivity index (χ3v) is 2.69. The lowest BCUT2D eigenvalue weighted by Gasteiger charge is -2.12. The normalized spacial score (nSPS) is 11.9. The lowest BCUT2D eigenvalue weighted by molar-refractivity contribution is -0.123. The van der Waals surface area contributed by atoms with Gasteiger partial charge in [-0.05, 0) is 38.1 Å². The molecule has 1 aromatic rings. The van der Waals surface area contributed by atoms with Crippen molar-refractivity contribution in [3.63, 3.8) is 0 Å². The number of rotatable bonds is 7. The highest BCUT2D eigenvalue weighted by Crippen LogP contribution is 2.11. The highest BCUT2D eigenvalue weighted by atomic mass is 16.5. The van der Waals surface area contributed by atoms with Crippen molar-refractivity contribution in [1.29, 1.82) is 0 Å². The van der Waals surface area contributed by atoms with Crippen molar-refractivity contribution in [2.24, 2.45) is 0 Å². The fourth-order valence-electron chi connectivity index (χ4n) is 1.48. The molecule has 0 aliphatic heterocycles. The van der Waals surface area contributed by atoms with Gasteiger partial charge < -0.3 is 15.4 Å². The number of amides is 1. The maximum absolute atomic E-state index is 11.5. The molecule has 0 aromatic heterocycles. The fraction of sp³-hybridized carbons (Fsp3) is 0.500. The van der Waals surface area contributed by atoms with Crippen LogP contribution in [0, 0.1) is 0 Å². The van der Waals surface area contributed by atoms with Crippen LogP contribution in [-0.2, 0) is 11.3 Å². The van der Waals surface area contributed by atoms with E-state index in [2.05, 4.69) is 10.6 Å². The van der Waals surface area contributed by atoms with Crippen LogP contribution in [0.3, 0.4) is 0 Å². The molecular weight excluding hydrogens is 228 g/mol. The molecule has 0 aliphatic carbocycles. The molecule has 1 rings (SSSR count). The van der Waals surface area contributed by atoms with E-state index in [9.17, 15) is 4.79 Å².